The van der Waals surface area contributed by atoms with E-state index in [0.717, 1.165) is 37.8 Å². The number of allylic oxidation sites excluding steroid dienone is 1. The van der Waals surface area contributed by atoms with Crippen LogP contribution in [-0.2, 0) is 4.74 Å². The predicted molar refractivity (Wildman–Crippen MR) is 68.0 cm³/mol. The molecule has 4 nitrogen and oxygen atoms in total. The van der Waals surface area contributed by atoms with Crippen LogP contribution < -0.4 is 0 Å². The second-order valence-corrected chi connectivity index (χ2v) is 4.15. The highest BCUT2D eigenvalue weighted by Gasteiger charge is 2.12. The Kier molecular flexibility index (Phi) is 5.19. The Morgan fingerprint density at radius 1 is 1.38 bits per heavy atom. The summed E-state index contributed by atoms with van der Waals surface area (Å²) in [6.07, 6.45) is 1.73. The fourth-order valence-corrected chi connectivity index (χ4v) is 1.55. The van der Waals surface area contributed by atoms with Crippen molar-refractivity contribution in [2.45, 2.75) is 20.8 Å². The lowest BCUT2D eigenvalue weighted by Crippen LogP contribution is -2.39. The largest absolute Gasteiger partial charge is 0.378 e. The first-order valence-corrected chi connectivity index (χ1v) is 5.69. The van der Waals surface area contributed by atoms with Crippen LogP contribution in [0.5, 0.6) is 0 Å². The van der Waals surface area contributed by atoms with E-state index in [1.54, 1.807) is 6.20 Å². The molecule has 0 aromatic rings. The first-order chi connectivity index (χ1) is 7.65. The van der Waals surface area contributed by atoms with Crippen molar-refractivity contribution in [3.63, 3.8) is 0 Å². The van der Waals surface area contributed by atoms with Crippen molar-refractivity contribution >= 4 is 12.6 Å². The maximum absolute atomic E-state index is 5.31. The number of hydrogen-bond donors (Lipinski definition) is 0. The number of rotatable bonds is 3. The molecule has 0 spiro atoms. The summed E-state index contributed by atoms with van der Waals surface area (Å²) < 4.78 is 5.31. The normalized spacial score (nSPS) is 19.1. The van der Waals surface area contributed by atoms with Crippen LogP contribution in [0.15, 0.2) is 21.9 Å². The maximum Gasteiger partial charge on any atom is 0.101 e. The molecule has 1 rings (SSSR count). The minimum Gasteiger partial charge on any atom is -0.378 e. The molecule has 90 valence electrons. The van der Waals surface area contributed by atoms with Crippen LogP contribution in [0.3, 0.4) is 0 Å². The van der Waals surface area contributed by atoms with E-state index < -0.39 is 0 Å². The number of nitrogens with zero attached hydrogens (tertiary/aromatic N) is 3. The van der Waals surface area contributed by atoms with Gasteiger partial charge in [-0.2, -0.15) is 0 Å². The van der Waals surface area contributed by atoms with Crippen LogP contribution >= 0.6 is 0 Å². The molecule has 1 aliphatic heterocycles. The lowest BCUT2D eigenvalue weighted by molar-refractivity contribution is 0.0678. The van der Waals surface area contributed by atoms with Gasteiger partial charge >= 0.3 is 0 Å². The Morgan fingerprint density at radius 2 is 2.00 bits per heavy atom. The van der Waals surface area contributed by atoms with Crippen molar-refractivity contribution < 1.29 is 4.74 Å². The van der Waals surface area contributed by atoms with E-state index in [1.807, 2.05) is 6.92 Å². The van der Waals surface area contributed by atoms with Crippen molar-refractivity contribution in [3.8, 4) is 0 Å². The van der Waals surface area contributed by atoms with Gasteiger partial charge in [0.25, 0.3) is 0 Å². The molecule has 0 amide bonds. The molecule has 0 aromatic carbocycles. The van der Waals surface area contributed by atoms with E-state index in [4.69, 9.17) is 4.74 Å². The minimum absolute atomic E-state index is 0.362. The highest BCUT2D eigenvalue weighted by molar-refractivity contribution is 5.80. The van der Waals surface area contributed by atoms with Gasteiger partial charge < -0.3 is 9.64 Å². The van der Waals surface area contributed by atoms with E-state index in [2.05, 4.69) is 35.4 Å². The van der Waals surface area contributed by atoms with Gasteiger partial charge in [-0.1, -0.05) is 13.8 Å². The number of morpholine rings is 1. The van der Waals surface area contributed by atoms with Crippen LogP contribution in [0.4, 0.5) is 0 Å². The Hall–Kier alpha value is -1.16. The second kappa shape index (κ2) is 6.43. The highest BCUT2D eigenvalue weighted by atomic mass is 16.5. The quantitative estimate of drug-likeness (QED) is 0.541. The molecule has 1 fully saturated rings. The SMILES string of the molecule is C=N/C=C(\N=C(/C)N1CCOCC1)C(C)C. The summed E-state index contributed by atoms with van der Waals surface area (Å²) in [6.45, 7) is 13.1. The number of aliphatic imine (C=N–C) groups is 2. The monoisotopic (exact) mass is 223 g/mol. The lowest BCUT2D eigenvalue weighted by atomic mass is 10.1. The molecule has 0 unspecified atom stereocenters. The first kappa shape index (κ1) is 12.9. The van der Waals surface area contributed by atoms with Crippen LogP contribution in [0.25, 0.3) is 0 Å². The molecule has 1 aliphatic rings. The van der Waals surface area contributed by atoms with Crippen molar-refractivity contribution in [2.24, 2.45) is 15.9 Å². The smallest absolute Gasteiger partial charge is 0.101 e. The summed E-state index contributed by atoms with van der Waals surface area (Å²) in [5.74, 6) is 1.40. The maximum atomic E-state index is 5.31. The molecule has 0 N–H and O–H groups in total. The molecule has 0 saturated carbocycles. The third-order valence-electron chi connectivity index (χ3n) is 2.57. The van der Waals surface area contributed by atoms with Crippen molar-refractivity contribution in [1.82, 2.24) is 4.90 Å². The summed E-state index contributed by atoms with van der Waals surface area (Å²) in [4.78, 5) is 10.6. The van der Waals surface area contributed by atoms with Crippen molar-refractivity contribution in [1.29, 1.82) is 0 Å². The highest BCUT2D eigenvalue weighted by Crippen LogP contribution is 2.12. The molecule has 0 aromatic heterocycles. The van der Waals surface area contributed by atoms with Gasteiger partial charge in [0.15, 0.2) is 0 Å². The number of hydrogen-bond acceptors (Lipinski definition) is 3. The van der Waals surface area contributed by atoms with Crippen LogP contribution in [-0.4, -0.2) is 43.8 Å². The van der Waals surface area contributed by atoms with Gasteiger partial charge in [0, 0.05) is 19.3 Å². The van der Waals surface area contributed by atoms with Gasteiger partial charge in [0.1, 0.15) is 5.84 Å². The van der Waals surface area contributed by atoms with Crippen molar-refractivity contribution in [3.05, 3.63) is 11.9 Å². The molecule has 0 atom stereocenters. The zero-order valence-corrected chi connectivity index (χ0v) is 10.4. The third kappa shape index (κ3) is 3.77. The second-order valence-electron chi connectivity index (χ2n) is 4.15. The molecule has 0 radical (unpaired) electrons. The Bertz CT molecular complexity index is 289. The van der Waals surface area contributed by atoms with Gasteiger partial charge in [-0.05, 0) is 19.6 Å². The van der Waals surface area contributed by atoms with Crippen molar-refractivity contribution in [2.75, 3.05) is 26.3 Å². The van der Waals surface area contributed by atoms with Crippen LogP contribution in [0.2, 0.25) is 0 Å². The van der Waals surface area contributed by atoms with E-state index in [-0.39, 0.29) is 0 Å². The zero-order valence-electron chi connectivity index (χ0n) is 10.4. The molecule has 0 bridgehead atoms. The molecule has 16 heavy (non-hydrogen) atoms. The van der Waals surface area contributed by atoms with E-state index in [1.165, 1.54) is 0 Å². The average Bonchev–Trinajstić information content (AvgIpc) is 2.29. The van der Waals surface area contributed by atoms with E-state index in [0.29, 0.717) is 5.92 Å². The summed E-state index contributed by atoms with van der Waals surface area (Å²) in [7, 11) is 0. The van der Waals surface area contributed by atoms with Gasteiger partial charge in [-0.15, -0.1) is 0 Å². The van der Waals surface area contributed by atoms with Gasteiger partial charge in [0.2, 0.25) is 0 Å². The molecule has 4 heteroatoms. The summed E-state index contributed by atoms with van der Waals surface area (Å²) in [5.41, 5.74) is 0.971. The third-order valence-corrected chi connectivity index (χ3v) is 2.57. The zero-order chi connectivity index (χ0) is 12.0. The summed E-state index contributed by atoms with van der Waals surface area (Å²) >= 11 is 0. The van der Waals surface area contributed by atoms with Gasteiger partial charge in [-0.3, -0.25) is 4.99 Å². The Morgan fingerprint density at radius 3 is 2.50 bits per heavy atom. The minimum atomic E-state index is 0.362. The van der Waals surface area contributed by atoms with E-state index >= 15 is 0 Å². The fourth-order valence-electron chi connectivity index (χ4n) is 1.55. The predicted octanol–water partition coefficient (Wildman–Crippen LogP) is 1.93. The molecular formula is C12H21N3O. The summed E-state index contributed by atoms with van der Waals surface area (Å²) in [5, 5.41) is 0. The Balaban J connectivity index is 2.71. The van der Waals surface area contributed by atoms with Gasteiger partial charge in [-0.25, -0.2) is 4.99 Å². The Labute approximate surface area is 97.7 Å². The lowest BCUT2D eigenvalue weighted by Gasteiger charge is -2.28. The summed E-state index contributed by atoms with van der Waals surface area (Å²) in [6, 6.07) is 0. The van der Waals surface area contributed by atoms with Gasteiger partial charge in [0.05, 0.1) is 18.9 Å². The first-order valence-electron chi connectivity index (χ1n) is 5.69. The number of ether oxygens (including phenoxy) is 1. The topological polar surface area (TPSA) is 37.2 Å². The molecule has 1 heterocycles. The van der Waals surface area contributed by atoms with Crippen LogP contribution in [0.1, 0.15) is 20.8 Å². The molecular weight excluding hydrogens is 202 g/mol. The van der Waals surface area contributed by atoms with E-state index in [9.17, 15) is 0 Å². The molecule has 0 aliphatic carbocycles. The molecule has 1 saturated heterocycles. The standard InChI is InChI=1S/C12H21N3O/c1-10(2)12(9-13-4)14-11(3)15-5-7-16-8-6-15/h9-10H,4-8H2,1-3H3/b12-9-,14-11+. The number of amidine groups is 1. The average molecular weight is 223 g/mol. The van der Waals surface area contributed by atoms with Crippen LogP contribution in [0, 0.1) is 5.92 Å². The fraction of sp³-hybridized carbons (Fsp3) is 0.667.